The molecular weight excluding hydrogens is 851 g/mol. The highest BCUT2D eigenvalue weighted by Gasteiger charge is 2.22. The topological polar surface area (TPSA) is 48.5 Å². The summed E-state index contributed by atoms with van der Waals surface area (Å²) in [5, 5.41) is 4.95. The van der Waals surface area contributed by atoms with Crippen molar-refractivity contribution in [3.05, 3.63) is 248 Å². The molecule has 0 atom stereocenters. The van der Waals surface area contributed by atoms with Crippen LogP contribution in [0.3, 0.4) is 0 Å². The average Bonchev–Trinajstić information content (AvgIpc) is 3.96. The lowest BCUT2D eigenvalue weighted by atomic mass is 9.93. The van der Waals surface area contributed by atoms with E-state index in [4.69, 9.17) is 15.0 Å². The van der Waals surface area contributed by atoms with Gasteiger partial charge in [0.1, 0.15) is 0 Å². The standard InChI is InChI=1S/C65H45N5/c1-42-49(38-40-55-53-28-16-18-32-59(53)69(61(42)55)47-24-10-5-11-25-47)50-39-41-56-54-29-17-19-33-60(54)70(62(56)43(50)2)48-36-34-46(35-37-48)63-66-64(57-30-14-12-26-51(57)44-20-6-3-7-21-44)68-65(67-63)58-31-15-13-27-52(58)45-22-8-4-9-23-45/h3-41H,1-2H3. The molecule has 0 amide bonds. The fraction of sp³-hybridized carbons (Fsp3) is 0.0308. The zero-order chi connectivity index (χ0) is 46.7. The lowest BCUT2D eigenvalue weighted by molar-refractivity contribution is 1.07. The molecule has 0 aliphatic heterocycles. The number of rotatable bonds is 8. The van der Waals surface area contributed by atoms with Gasteiger partial charge in [-0.05, 0) is 107 Å². The van der Waals surface area contributed by atoms with E-state index < -0.39 is 0 Å². The quantitative estimate of drug-likeness (QED) is 0.153. The molecule has 0 unspecified atom stereocenters. The Bertz CT molecular complexity index is 4010. The Morgan fingerprint density at radius 1 is 0.257 bits per heavy atom. The van der Waals surface area contributed by atoms with Gasteiger partial charge >= 0.3 is 0 Å². The molecule has 10 aromatic carbocycles. The number of benzene rings is 10. The van der Waals surface area contributed by atoms with Crippen molar-refractivity contribution in [2.24, 2.45) is 0 Å². The maximum Gasteiger partial charge on any atom is 0.164 e. The number of aryl methyl sites for hydroxylation is 2. The molecular formula is C65H45N5. The second-order valence-electron chi connectivity index (χ2n) is 18.0. The fourth-order valence-corrected chi connectivity index (χ4v) is 10.7. The normalized spacial score (nSPS) is 11.6. The molecule has 13 rings (SSSR count). The van der Waals surface area contributed by atoms with Crippen LogP contribution in [0.5, 0.6) is 0 Å². The minimum atomic E-state index is 0.608. The summed E-state index contributed by atoms with van der Waals surface area (Å²) in [7, 11) is 0. The first kappa shape index (κ1) is 41.0. The number of para-hydroxylation sites is 3. The van der Waals surface area contributed by atoms with Gasteiger partial charge in [-0.1, -0.05) is 188 Å². The van der Waals surface area contributed by atoms with Gasteiger partial charge in [0.05, 0.1) is 22.1 Å². The van der Waals surface area contributed by atoms with Gasteiger partial charge in [0.15, 0.2) is 17.5 Å². The predicted molar refractivity (Wildman–Crippen MR) is 291 cm³/mol. The summed E-state index contributed by atoms with van der Waals surface area (Å²) in [6.45, 7) is 4.57. The Morgan fingerprint density at radius 3 is 1.10 bits per heavy atom. The molecule has 0 bridgehead atoms. The van der Waals surface area contributed by atoms with Crippen molar-refractivity contribution in [3.63, 3.8) is 0 Å². The largest absolute Gasteiger partial charge is 0.309 e. The first-order valence-electron chi connectivity index (χ1n) is 23.9. The molecule has 330 valence electrons. The van der Waals surface area contributed by atoms with E-state index in [0.29, 0.717) is 17.5 Å². The molecule has 0 saturated heterocycles. The monoisotopic (exact) mass is 895 g/mol. The average molecular weight is 896 g/mol. The van der Waals surface area contributed by atoms with Crippen LogP contribution >= 0.6 is 0 Å². The predicted octanol–water partition coefficient (Wildman–Crippen LogP) is 16.7. The maximum atomic E-state index is 5.28. The van der Waals surface area contributed by atoms with Crippen molar-refractivity contribution in [2.75, 3.05) is 0 Å². The second kappa shape index (κ2) is 16.8. The van der Waals surface area contributed by atoms with Gasteiger partial charge in [0.2, 0.25) is 0 Å². The van der Waals surface area contributed by atoms with E-state index in [1.165, 1.54) is 60.3 Å². The van der Waals surface area contributed by atoms with Crippen LogP contribution in [-0.2, 0) is 0 Å². The van der Waals surface area contributed by atoms with Crippen LogP contribution in [0.25, 0.3) is 123 Å². The zero-order valence-electron chi connectivity index (χ0n) is 38.8. The number of aromatic nitrogens is 5. The molecule has 5 nitrogen and oxygen atoms in total. The van der Waals surface area contributed by atoms with E-state index in [1.807, 2.05) is 12.1 Å². The Balaban J connectivity index is 0.973. The highest BCUT2D eigenvalue weighted by molar-refractivity contribution is 6.14. The lowest BCUT2D eigenvalue weighted by Gasteiger charge is -2.16. The third-order valence-corrected chi connectivity index (χ3v) is 14.0. The van der Waals surface area contributed by atoms with Crippen molar-refractivity contribution in [3.8, 4) is 78.9 Å². The second-order valence-corrected chi connectivity index (χ2v) is 18.0. The van der Waals surface area contributed by atoms with Crippen molar-refractivity contribution in [1.29, 1.82) is 0 Å². The molecule has 5 heteroatoms. The van der Waals surface area contributed by atoms with Gasteiger partial charge in [0, 0.05) is 49.6 Å². The van der Waals surface area contributed by atoms with Gasteiger partial charge < -0.3 is 9.13 Å². The number of hydrogen-bond acceptors (Lipinski definition) is 3. The van der Waals surface area contributed by atoms with Gasteiger partial charge in [0.25, 0.3) is 0 Å². The van der Waals surface area contributed by atoms with Crippen LogP contribution in [0.2, 0.25) is 0 Å². The van der Waals surface area contributed by atoms with Crippen LogP contribution in [-0.4, -0.2) is 24.1 Å². The highest BCUT2D eigenvalue weighted by atomic mass is 15.0. The van der Waals surface area contributed by atoms with E-state index in [0.717, 1.165) is 55.8 Å². The SMILES string of the molecule is Cc1c(-c2ccc3c4ccccc4n(-c4ccc(-c5nc(-c6ccccc6-c6ccccc6)nc(-c6ccccc6-c6ccccc6)n5)cc4)c3c2C)ccc2c3ccccc3n(-c3ccccc3)c12. The van der Waals surface area contributed by atoms with Gasteiger partial charge in [-0.3, -0.25) is 0 Å². The van der Waals surface area contributed by atoms with E-state index in [-0.39, 0.29) is 0 Å². The Hall–Kier alpha value is -9.19. The number of hydrogen-bond donors (Lipinski definition) is 0. The van der Waals surface area contributed by atoms with Crippen LogP contribution in [0, 0.1) is 13.8 Å². The molecule has 0 aliphatic rings. The molecule has 70 heavy (non-hydrogen) atoms. The molecule has 3 heterocycles. The summed E-state index contributed by atoms with van der Waals surface area (Å²) >= 11 is 0. The lowest BCUT2D eigenvalue weighted by Crippen LogP contribution is -2.02. The first-order valence-corrected chi connectivity index (χ1v) is 23.9. The Kier molecular flexibility index (Phi) is 9.88. The zero-order valence-corrected chi connectivity index (χ0v) is 38.8. The summed E-state index contributed by atoms with van der Waals surface area (Å²) in [5.41, 5.74) is 19.0. The van der Waals surface area contributed by atoms with Crippen molar-refractivity contribution in [2.45, 2.75) is 13.8 Å². The maximum absolute atomic E-state index is 5.28. The Morgan fingerprint density at radius 2 is 0.629 bits per heavy atom. The molecule has 3 aromatic heterocycles. The molecule has 0 fully saturated rings. The third-order valence-electron chi connectivity index (χ3n) is 14.0. The van der Waals surface area contributed by atoms with Crippen LogP contribution in [0.4, 0.5) is 0 Å². The van der Waals surface area contributed by atoms with Crippen LogP contribution < -0.4 is 0 Å². The van der Waals surface area contributed by atoms with Gasteiger partial charge in [-0.2, -0.15) is 0 Å². The summed E-state index contributed by atoms with van der Waals surface area (Å²) in [6.07, 6.45) is 0. The fourth-order valence-electron chi connectivity index (χ4n) is 10.7. The highest BCUT2D eigenvalue weighted by Crippen LogP contribution is 2.43. The summed E-state index contributed by atoms with van der Waals surface area (Å²) < 4.78 is 4.86. The smallest absolute Gasteiger partial charge is 0.164 e. The van der Waals surface area contributed by atoms with Crippen molar-refractivity contribution < 1.29 is 0 Å². The van der Waals surface area contributed by atoms with Gasteiger partial charge in [-0.25, -0.2) is 15.0 Å². The van der Waals surface area contributed by atoms with Crippen LogP contribution in [0.15, 0.2) is 237 Å². The van der Waals surface area contributed by atoms with E-state index >= 15 is 0 Å². The molecule has 0 aliphatic carbocycles. The van der Waals surface area contributed by atoms with E-state index in [9.17, 15) is 0 Å². The minimum Gasteiger partial charge on any atom is -0.309 e. The Labute approximate surface area is 406 Å². The molecule has 0 spiro atoms. The van der Waals surface area contributed by atoms with Crippen molar-refractivity contribution >= 4 is 43.6 Å². The summed E-state index contributed by atoms with van der Waals surface area (Å²) in [6, 6.07) is 83.9. The molecule has 0 saturated carbocycles. The minimum absolute atomic E-state index is 0.608. The summed E-state index contributed by atoms with van der Waals surface area (Å²) in [4.78, 5) is 15.8. The number of fused-ring (bicyclic) bond motifs is 6. The molecule has 13 aromatic rings. The summed E-state index contributed by atoms with van der Waals surface area (Å²) in [5.74, 6) is 1.85. The van der Waals surface area contributed by atoms with E-state index in [1.54, 1.807) is 0 Å². The molecule has 0 radical (unpaired) electrons. The number of nitrogens with zero attached hydrogens (tertiary/aromatic N) is 5. The van der Waals surface area contributed by atoms with Crippen LogP contribution in [0.1, 0.15) is 11.1 Å². The molecule has 0 N–H and O–H groups in total. The van der Waals surface area contributed by atoms with Crippen molar-refractivity contribution in [1.82, 2.24) is 24.1 Å². The van der Waals surface area contributed by atoms with E-state index in [2.05, 4.69) is 247 Å². The first-order chi connectivity index (χ1) is 34.6. The third kappa shape index (κ3) is 6.74. The van der Waals surface area contributed by atoms with Gasteiger partial charge in [-0.15, -0.1) is 0 Å².